The lowest BCUT2D eigenvalue weighted by atomic mass is 10.1. The van der Waals surface area contributed by atoms with E-state index in [0.29, 0.717) is 6.54 Å². The van der Waals surface area contributed by atoms with Crippen LogP contribution in [-0.2, 0) is 11.3 Å². The first-order valence-electron chi connectivity index (χ1n) is 4.40. The molecule has 0 radical (unpaired) electrons. The maximum Gasteiger partial charge on any atom is 0.0783 e. The zero-order valence-electron chi connectivity index (χ0n) is 8.05. The van der Waals surface area contributed by atoms with Crippen molar-refractivity contribution in [2.75, 3.05) is 7.11 Å². The van der Waals surface area contributed by atoms with Crippen LogP contribution in [-0.4, -0.2) is 34.2 Å². The summed E-state index contributed by atoms with van der Waals surface area (Å²) in [5.74, 6) is 0. The molecule has 1 heterocycles. The summed E-state index contributed by atoms with van der Waals surface area (Å²) in [6, 6.07) is -0.0533. The Morgan fingerprint density at radius 2 is 2.08 bits per heavy atom. The molecule has 0 aliphatic carbocycles. The van der Waals surface area contributed by atoms with Gasteiger partial charge in [-0.3, -0.25) is 0 Å². The fourth-order valence-corrected chi connectivity index (χ4v) is 1.29. The van der Waals surface area contributed by atoms with Crippen LogP contribution in [0.25, 0.3) is 0 Å². The molecule has 13 heavy (non-hydrogen) atoms. The minimum Gasteiger partial charge on any atom is -0.380 e. The van der Waals surface area contributed by atoms with E-state index >= 15 is 0 Å². The lowest BCUT2D eigenvalue weighted by Gasteiger charge is -2.20. The summed E-state index contributed by atoms with van der Waals surface area (Å²) >= 11 is 0. The third-order valence-corrected chi connectivity index (χ3v) is 2.02. The van der Waals surface area contributed by atoms with E-state index in [1.807, 2.05) is 6.92 Å². The van der Waals surface area contributed by atoms with Crippen molar-refractivity contribution in [1.82, 2.24) is 15.0 Å². The van der Waals surface area contributed by atoms with Crippen LogP contribution in [0, 0.1) is 0 Å². The molecule has 0 aromatic carbocycles. The number of rotatable bonds is 5. The molecule has 1 rings (SSSR count). The Balaban J connectivity index is 2.44. The molecule has 0 amide bonds. The first kappa shape index (κ1) is 10.1. The predicted molar refractivity (Wildman–Crippen MR) is 49.1 cm³/mol. The number of nitrogens with two attached hydrogens (primary N) is 1. The van der Waals surface area contributed by atoms with Gasteiger partial charge in [0.2, 0.25) is 0 Å². The highest BCUT2D eigenvalue weighted by molar-refractivity contribution is 4.72. The van der Waals surface area contributed by atoms with Gasteiger partial charge >= 0.3 is 0 Å². The Hall–Kier alpha value is -0.940. The van der Waals surface area contributed by atoms with Crippen LogP contribution in [0.4, 0.5) is 0 Å². The van der Waals surface area contributed by atoms with Gasteiger partial charge in [0.25, 0.3) is 0 Å². The molecule has 1 aromatic heterocycles. The molecule has 5 nitrogen and oxygen atoms in total. The van der Waals surface area contributed by atoms with Crippen molar-refractivity contribution >= 4 is 0 Å². The van der Waals surface area contributed by atoms with Crippen LogP contribution in [0.15, 0.2) is 12.4 Å². The molecular weight excluding hydrogens is 168 g/mol. The van der Waals surface area contributed by atoms with Crippen LogP contribution >= 0.6 is 0 Å². The van der Waals surface area contributed by atoms with E-state index in [1.54, 1.807) is 24.3 Å². The summed E-state index contributed by atoms with van der Waals surface area (Å²) in [6.45, 7) is 2.64. The molecular formula is C8H16N4O. The number of hydrogen-bond donors (Lipinski definition) is 1. The Morgan fingerprint density at radius 3 is 2.54 bits per heavy atom. The quantitative estimate of drug-likeness (QED) is 0.701. The van der Waals surface area contributed by atoms with Gasteiger partial charge in [0.1, 0.15) is 0 Å². The predicted octanol–water partition coefficient (Wildman–Crippen LogP) is 0.0304. The molecule has 0 aliphatic heterocycles. The minimum atomic E-state index is -0.0533. The Labute approximate surface area is 77.9 Å². The molecule has 2 atom stereocenters. The standard InChI is InChI=1S/C8H16N4O/c1-3-8(13-2)7(9)6-12-10-4-5-11-12/h4-5,7-8H,3,6,9H2,1-2H3/t7-,8-/m1/s1. The van der Waals surface area contributed by atoms with Gasteiger partial charge in [0.15, 0.2) is 0 Å². The normalized spacial score (nSPS) is 15.6. The highest BCUT2D eigenvalue weighted by Crippen LogP contribution is 2.02. The first-order valence-corrected chi connectivity index (χ1v) is 4.40. The summed E-state index contributed by atoms with van der Waals surface area (Å²) in [5, 5.41) is 7.95. The lowest BCUT2D eigenvalue weighted by Crippen LogP contribution is -2.39. The van der Waals surface area contributed by atoms with Crippen LogP contribution in [0.5, 0.6) is 0 Å². The molecule has 0 saturated heterocycles. The monoisotopic (exact) mass is 184 g/mol. The van der Waals surface area contributed by atoms with Gasteiger partial charge in [-0.05, 0) is 6.42 Å². The van der Waals surface area contributed by atoms with Gasteiger partial charge in [-0.1, -0.05) is 6.92 Å². The molecule has 5 heteroatoms. The van der Waals surface area contributed by atoms with Crippen LogP contribution in [0.1, 0.15) is 13.3 Å². The van der Waals surface area contributed by atoms with Crippen molar-refractivity contribution < 1.29 is 4.74 Å². The van der Waals surface area contributed by atoms with Gasteiger partial charge in [-0.25, -0.2) is 0 Å². The van der Waals surface area contributed by atoms with Gasteiger partial charge < -0.3 is 10.5 Å². The van der Waals surface area contributed by atoms with Crippen LogP contribution in [0.3, 0.4) is 0 Å². The van der Waals surface area contributed by atoms with Crippen molar-refractivity contribution in [3.05, 3.63) is 12.4 Å². The summed E-state index contributed by atoms with van der Waals surface area (Å²) in [7, 11) is 1.67. The van der Waals surface area contributed by atoms with E-state index in [1.165, 1.54) is 0 Å². The van der Waals surface area contributed by atoms with E-state index in [2.05, 4.69) is 10.2 Å². The number of ether oxygens (including phenoxy) is 1. The third kappa shape index (κ3) is 2.78. The second-order valence-electron chi connectivity index (χ2n) is 2.93. The van der Waals surface area contributed by atoms with Crippen molar-refractivity contribution in [3.63, 3.8) is 0 Å². The molecule has 0 aliphatic rings. The number of methoxy groups -OCH3 is 1. The van der Waals surface area contributed by atoms with Crippen LogP contribution < -0.4 is 5.73 Å². The summed E-state index contributed by atoms with van der Waals surface area (Å²) in [5.41, 5.74) is 5.90. The molecule has 0 fully saturated rings. The van der Waals surface area contributed by atoms with E-state index in [9.17, 15) is 0 Å². The Kier molecular flexibility index (Phi) is 3.85. The lowest BCUT2D eigenvalue weighted by molar-refractivity contribution is 0.0697. The molecule has 0 unspecified atom stereocenters. The average molecular weight is 184 g/mol. The van der Waals surface area contributed by atoms with Crippen molar-refractivity contribution in [1.29, 1.82) is 0 Å². The zero-order chi connectivity index (χ0) is 9.68. The number of nitrogens with zero attached hydrogens (tertiary/aromatic N) is 3. The summed E-state index contributed by atoms with van der Waals surface area (Å²) < 4.78 is 5.22. The van der Waals surface area contributed by atoms with Crippen LogP contribution in [0.2, 0.25) is 0 Å². The highest BCUT2D eigenvalue weighted by atomic mass is 16.5. The fraction of sp³-hybridized carbons (Fsp3) is 0.750. The molecule has 0 spiro atoms. The molecule has 0 saturated carbocycles. The second kappa shape index (κ2) is 4.94. The average Bonchev–Trinajstić information content (AvgIpc) is 2.59. The van der Waals surface area contributed by atoms with Crippen molar-refractivity contribution in [3.8, 4) is 0 Å². The molecule has 74 valence electrons. The highest BCUT2D eigenvalue weighted by Gasteiger charge is 2.15. The van der Waals surface area contributed by atoms with E-state index < -0.39 is 0 Å². The molecule has 1 aromatic rings. The Morgan fingerprint density at radius 1 is 1.46 bits per heavy atom. The fourth-order valence-electron chi connectivity index (χ4n) is 1.29. The van der Waals surface area contributed by atoms with E-state index in [4.69, 9.17) is 10.5 Å². The maximum absolute atomic E-state index is 5.90. The van der Waals surface area contributed by atoms with Crippen molar-refractivity contribution in [2.45, 2.75) is 32.0 Å². The topological polar surface area (TPSA) is 66.0 Å². The van der Waals surface area contributed by atoms with Gasteiger partial charge in [-0.15, -0.1) is 0 Å². The summed E-state index contributed by atoms with van der Waals surface area (Å²) in [4.78, 5) is 1.58. The molecule has 0 bridgehead atoms. The SMILES string of the molecule is CC[C@@H](OC)[C@H](N)Cn1nccn1. The smallest absolute Gasteiger partial charge is 0.0783 e. The van der Waals surface area contributed by atoms with E-state index in [0.717, 1.165) is 6.42 Å². The largest absolute Gasteiger partial charge is 0.380 e. The van der Waals surface area contributed by atoms with Gasteiger partial charge in [0, 0.05) is 7.11 Å². The first-order chi connectivity index (χ1) is 6.27. The zero-order valence-corrected chi connectivity index (χ0v) is 8.05. The molecule has 2 N–H and O–H groups in total. The minimum absolute atomic E-state index is 0.0533. The van der Waals surface area contributed by atoms with Crippen molar-refractivity contribution in [2.24, 2.45) is 5.73 Å². The second-order valence-corrected chi connectivity index (χ2v) is 2.93. The Bertz CT molecular complexity index is 220. The third-order valence-electron chi connectivity index (χ3n) is 2.02. The van der Waals surface area contributed by atoms with E-state index in [-0.39, 0.29) is 12.1 Å². The maximum atomic E-state index is 5.90. The number of hydrogen-bond acceptors (Lipinski definition) is 4. The van der Waals surface area contributed by atoms with Gasteiger partial charge in [0.05, 0.1) is 31.1 Å². The van der Waals surface area contributed by atoms with Gasteiger partial charge in [-0.2, -0.15) is 15.0 Å². The number of aromatic nitrogens is 3. The summed E-state index contributed by atoms with van der Waals surface area (Å²) in [6.07, 6.45) is 4.26.